The van der Waals surface area contributed by atoms with Crippen LogP contribution >= 0.6 is 22.9 Å². The fourth-order valence-corrected chi connectivity index (χ4v) is 2.45. The van der Waals surface area contributed by atoms with E-state index in [0.29, 0.717) is 5.41 Å². The van der Waals surface area contributed by atoms with Crippen LogP contribution in [0.1, 0.15) is 23.5 Å². The van der Waals surface area contributed by atoms with Gasteiger partial charge in [-0.3, -0.25) is 0 Å². The summed E-state index contributed by atoms with van der Waals surface area (Å²) < 4.78 is 0. The molecule has 2 nitrogen and oxygen atoms in total. The Labute approximate surface area is 93.7 Å². The highest BCUT2D eigenvalue weighted by molar-refractivity contribution is 7.09. The van der Waals surface area contributed by atoms with Crippen LogP contribution in [0.15, 0.2) is 5.38 Å². The summed E-state index contributed by atoms with van der Waals surface area (Å²) in [5.41, 5.74) is 1.56. The largest absolute Gasteiger partial charge is 0.311 e. The first-order valence-corrected chi connectivity index (χ1v) is 6.33. The second kappa shape index (κ2) is 4.17. The summed E-state index contributed by atoms with van der Waals surface area (Å²) in [7, 11) is 0. The third-order valence-corrected chi connectivity index (χ3v) is 4.10. The van der Waals surface area contributed by atoms with Crippen molar-refractivity contribution in [2.24, 2.45) is 5.41 Å². The molecule has 14 heavy (non-hydrogen) atoms. The monoisotopic (exact) mass is 230 g/mol. The predicted molar refractivity (Wildman–Crippen MR) is 60.9 cm³/mol. The Morgan fingerprint density at radius 2 is 2.43 bits per heavy atom. The van der Waals surface area contributed by atoms with E-state index in [2.05, 4.69) is 15.7 Å². The van der Waals surface area contributed by atoms with Gasteiger partial charge in [-0.2, -0.15) is 0 Å². The summed E-state index contributed by atoms with van der Waals surface area (Å²) in [6.07, 6.45) is 2.55. The quantitative estimate of drug-likeness (QED) is 0.787. The van der Waals surface area contributed by atoms with Crippen LogP contribution in [0.4, 0.5) is 0 Å². The van der Waals surface area contributed by atoms with Crippen LogP contribution < -0.4 is 5.32 Å². The van der Waals surface area contributed by atoms with E-state index in [1.54, 1.807) is 11.3 Å². The Morgan fingerprint density at radius 3 is 2.93 bits per heavy atom. The number of hydrogen-bond acceptors (Lipinski definition) is 3. The molecular weight excluding hydrogens is 216 g/mol. The zero-order valence-electron chi connectivity index (χ0n) is 8.35. The maximum atomic E-state index is 5.89. The van der Waals surface area contributed by atoms with Gasteiger partial charge in [0.05, 0.1) is 10.7 Å². The van der Waals surface area contributed by atoms with Crippen molar-refractivity contribution in [2.45, 2.75) is 26.3 Å². The Kier molecular flexibility index (Phi) is 3.10. The highest BCUT2D eigenvalue weighted by Gasteiger charge is 2.41. The van der Waals surface area contributed by atoms with Crippen molar-refractivity contribution in [1.82, 2.24) is 10.3 Å². The average Bonchev–Trinajstić information content (AvgIpc) is 2.84. The molecule has 0 atom stereocenters. The van der Waals surface area contributed by atoms with E-state index in [4.69, 9.17) is 11.6 Å². The van der Waals surface area contributed by atoms with Crippen LogP contribution in [0.5, 0.6) is 0 Å². The summed E-state index contributed by atoms with van der Waals surface area (Å²) in [5.74, 6) is 0.788. The highest BCUT2D eigenvalue weighted by Crippen LogP contribution is 2.45. The van der Waals surface area contributed by atoms with Crippen LogP contribution in [0.2, 0.25) is 0 Å². The molecule has 0 saturated heterocycles. The minimum absolute atomic E-state index is 0.409. The fraction of sp³-hybridized carbons (Fsp3) is 0.700. The van der Waals surface area contributed by atoms with Gasteiger partial charge in [-0.25, -0.2) is 4.98 Å². The Bertz CT molecular complexity index is 307. The summed E-state index contributed by atoms with van der Waals surface area (Å²) in [6, 6.07) is 0. The normalized spacial score (nSPS) is 18.4. The van der Waals surface area contributed by atoms with Crippen LogP contribution in [0, 0.1) is 12.3 Å². The lowest BCUT2D eigenvalue weighted by molar-refractivity contribution is 0.502. The Balaban J connectivity index is 1.73. The topological polar surface area (TPSA) is 24.9 Å². The SMILES string of the molecule is Cc1nc(CNCC2(CCl)CC2)cs1. The van der Waals surface area contributed by atoms with Crippen molar-refractivity contribution in [3.63, 3.8) is 0 Å². The van der Waals surface area contributed by atoms with Gasteiger partial charge < -0.3 is 5.32 Å². The molecular formula is C10H15ClN2S. The molecule has 0 aromatic carbocycles. The van der Waals surface area contributed by atoms with Crippen LogP contribution in [0.3, 0.4) is 0 Å². The van der Waals surface area contributed by atoms with E-state index in [-0.39, 0.29) is 0 Å². The molecule has 0 bridgehead atoms. The molecule has 1 aliphatic rings. The molecule has 1 N–H and O–H groups in total. The van der Waals surface area contributed by atoms with Crippen molar-refractivity contribution < 1.29 is 0 Å². The lowest BCUT2D eigenvalue weighted by Gasteiger charge is -2.11. The number of aromatic nitrogens is 1. The number of alkyl halides is 1. The molecule has 1 saturated carbocycles. The van der Waals surface area contributed by atoms with Gasteiger partial charge in [-0.05, 0) is 25.2 Å². The fourth-order valence-electron chi connectivity index (χ4n) is 1.48. The van der Waals surface area contributed by atoms with Crippen molar-refractivity contribution >= 4 is 22.9 Å². The zero-order chi connectivity index (χ0) is 10.0. The van der Waals surface area contributed by atoms with Crippen LogP contribution in [0.25, 0.3) is 0 Å². The lowest BCUT2D eigenvalue weighted by Crippen LogP contribution is -2.24. The van der Waals surface area contributed by atoms with Crippen molar-refractivity contribution in [3.8, 4) is 0 Å². The number of nitrogens with one attached hydrogen (secondary N) is 1. The van der Waals surface area contributed by atoms with E-state index >= 15 is 0 Å². The molecule has 0 spiro atoms. The van der Waals surface area contributed by atoms with E-state index in [1.807, 2.05) is 6.92 Å². The molecule has 78 valence electrons. The molecule has 2 rings (SSSR count). The Hall–Kier alpha value is -0.120. The molecule has 1 aliphatic carbocycles. The molecule has 1 aromatic heterocycles. The lowest BCUT2D eigenvalue weighted by atomic mass is 10.1. The smallest absolute Gasteiger partial charge is 0.0897 e. The number of hydrogen-bond donors (Lipinski definition) is 1. The number of aryl methyl sites for hydroxylation is 1. The second-order valence-corrected chi connectivity index (χ2v) is 5.42. The van der Waals surface area contributed by atoms with Gasteiger partial charge in [0.15, 0.2) is 0 Å². The second-order valence-electron chi connectivity index (χ2n) is 4.10. The summed E-state index contributed by atoms with van der Waals surface area (Å²) in [5, 5.41) is 6.68. The number of halogens is 1. The van der Waals surface area contributed by atoms with Crippen LogP contribution in [-0.4, -0.2) is 17.4 Å². The average molecular weight is 231 g/mol. The third-order valence-electron chi connectivity index (χ3n) is 2.71. The molecule has 0 aliphatic heterocycles. The zero-order valence-corrected chi connectivity index (χ0v) is 9.92. The van der Waals surface area contributed by atoms with E-state index in [9.17, 15) is 0 Å². The van der Waals surface area contributed by atoms with Crippen molar-refractivity contribution in [1.29, 1.82) is 0 Å². The van der Waals surface area contributed by atoms with E-state index in [0.717, 1.165) is 29.7 Å². The maximum absolute atomic E-state index is 5.89. The number of thiazole rings is 1. The molecule has 0 amide bonds. The van der Waals surface area contributed by atoms with E-state index < -0.39 is 0 Å². The van der Waals surface area contributed by atoms with Gasteiger partial charge in [0.1, 0.15) is 0 Å². The molecule has 0 unspecified atom stereocenters. The number of rotatable bonds is 5. The first-order chi connectivity index (χ1) is 6.74. The van der Waals surface area contributed by atoms with Gasteiger partial charge in [0.2, 0.25) is 0 Å². The summed E-state index contributed by atoms with van der Waals surface area (Å²) in [4.78, 5) is 4.40. The highest BCUT2D eigenvalue weighted by atomic mass is 35.5. The van der Waals surface area contributed by atoms with Gasteiger partial charge in [-0.1, -0.05) is 0 Å². The molecule has 1 heterocycles. The van der Waals surface area contributed by atoms with Gasteiger partial charge in [-0.15, -0.1) is 22.9 Å². The predicted octanol–water partition coefficient (Wildman–Crippen LogP) is 2.56. The first kappa shape index (κ1) is 10.4. The molecule has 0 radical (unpaired) electrons. The first-order valence-electron chi connectivity index (χ1n) is 4.92. The van der Waals surface area contributed by atoms with Gasteiger partial charge >= 0.3 is 0 Å². The third kappa shape index (κ3) is 2.47. The van der Waals surface area contributed by atoms with Gasteiger partial charge in [0, 0.05) is 24.3 Å². The minimum atomic E-state index is 0.409. The number of nitrogens with zero attached hydrogens (tertiary/aromatic N) is 1. The van der Waals surface area contributed by atoms with Crippen molar-refractivity contribution in [2.75, 3.05) is 12.4 Å². The van der Waals surface area contributed by atoms with Crippen LogP contribution in [-0.2, 0) is 6.54 Å². The van der Waals surface area contributed by atoms with Gasteiger partial charge in [0.25, 0.3) is 0 Å². The standard InChI is InChI=1S/C10H15ClN2S/c1-8-13-9(5-14-8)4-12-7-10(6-11)2-3-10/h5,12H,2-4,6-7H2,1H3. The summed E-state index contributed by atoms with van der Waals surface area (Å²) >= 11 is 7.59. The maximum Gasteiger partial charge on any atom is 0.0897 e. The molecule has 1 aromatic rings. The van der Waals surface area contributed by atoms with Crippen molar-refractivity contribution in [3.05, 3.63) is 16.1 Å². The molecule has 1 fully saturated rings. The van der Waals surface area contributed by atoms with E-state index in [1.165, 1.54) is 12.8 Å². The Morgan fingerprint density at radius 1 is 1.64 bits per heavy atom. The summed E-state index contributed by atoms with van der Waals surface area (Å²) in [6.45, 7) is 3.95. The minimum Gasteiger partial charge on any atom is -0.311 e. The molecule has 4 heteroatoms.